The Morgan fingerprint density at radius 3 is 2.16 bits per heavy atom. The van der Waals surface area contributed by atoms with Crippen LogP contribution in [0.3, 0.4) is 0 Å². The zero-order chi connectivity index (χ0) is 26.7. The van der Waals surface area contributed by atoms with E-state index in [2.05, 4.69) is 31.9 Å². The highest BCUT2D eigenvalue weighted by Gasteiger charge is 2.22. The second-order valence-electron chi connectivity index (χ2n) is 9.62. The minimum atomic E-state index is -0.278. The fourth-order valence-electron chi connectivity index (χ4n) is 3.83. The van der Waals surface area contributed by atoms with Crippen LogP contribution in [0.25, 0.3) is 10.2 Å². The molecule has 0 fully saturated rings. The van der Waals surface area contributed by atoms with E-state index in [1.165, 1.54) is 16.3 Å². The first-order chi connectivity index (χ1) is 17.6. The van der Waals surface area contributed by atoms with E-state index >= 15 is 0 Å². The van der Waals surface area contributed by atoms with Gasteiger partial charge in [-0.3, -0.25) is 4.79 Å². The number of nitrogens with zero attached hydrogens (tertiary/aromatic N) is 3. The number of carbonyl (C=O) groups is 1. The number of aromatic nitrogens is 1. The Bertz CT molecular complexity index is 1430. The third-order valence-corrected chi connectivity index (χ3v) is 6.91. The smallest absolute Gasteiger partial charge is 0.280 e. The quantitative estimate of drug-likeness (QED) is 0.204. The molecule has 1 heterocycles. The topological polar surface area (TPSA) is 73.2 Å². The summed E-state index contributed by atoms with van der Waals surface area (Å²) in [6.07, 6.45) is 1.59. The summed E-state index contributed by atoms with van der Waals surface area (Å²) < 4.78 is 17.3. The number of aryl methyl sites for hydroxylation is 1. The standard InChI is InChI=1S/C29H31N3O4S/c1-18-8-13-22-25(14-18)37-28(31-22)32(27(33)20-9-11-21(12-10-20)29(2,3)4)30-17-19-15-23(34-5)26(36-7)24(16-19)35-6/h8-17H,1-7H3/b30-17+. The van der Waals surface area contributed by atoms with Gasteiger partial charge in [0.15, 0.2) is 11.5 Å². The van der Waals surface area contributed by atoms with Crippen molar-refractivity contribution in [3.05, 3.63) is 76.9 Å². The highest BCUT2D eigenvalue weighted by molar-refractivity contribution is 7.22. The van der Waals surface area contributed by atoms with E-state index < -0.39 is 0 Å². The number of hydrazone groups is 1. The van der Waals surface area contributed by atoms with Crippen molar-refractivity contribution in [1.82, 2.24) is 4.98 Å². The summed E-state index contributed by atoms with van der Waals surface area (Å²) in [5, 5.41) is 6.41. The molecular formula is C29H31N3O4S. The minimum absolute atomic E-state index is 0.0171. The molecule has 0 radical (unpaired) electrons. The lowest BCUT2D eigenvalue weighted by molar-refractivity contribution is 0.0988. The predicted octanol–water partition coefficient (Wildman–Crippen LogP) is 6.61. The molecule has 0 aliphatic rings. The maximum atomic E-state index is 13.7. The lowest BCUT2D eigenvalue weighted by atomic mass is 9.87. The van der Waals surface area contributed by atoms with Crippen LogP contribution in [0.15, 0.2) is 59.7 Å². The average Bonchev–Trinajstić information content (AvgIpc) is 3.30. The third kappa shape index (κ3) is 5.59. The van der Waals surface area contributed by atoms with Crippen molar-refractivity contribution in [2.75, 3.05) is 26.3 Å². The Hall–Kier alpha value is -3.91. The van der Waals surface area contributed by atoms with Crippen LogP contribution in [-0.4, -0.2) is 38.4 Å². The summed E-state index contributed by atoms with van der Waals surface area (Å²) in [5.74, 6) is 1.19. The van der Waals surface area contributed by atoms with E-state index in [0.29, 0.717) is 33.5 Å². The number of thiazole rings is 1. The molecule has 1 aromatic heterocycles. The number of carbonyl (C=O) groups excluding carboxylic acids is 1. The van der Waals surface area contributed by atoms with Crippen LogP contribution in [0.5, 0.6) is 17.2 Å². The van der Waals surface area contributed by atoms with Crippen LogP contribution < -0.4 is 19.2 Å². The highest BCUT2D eigenvalue weighted by atomic mass is 32.1. The van der Waals surface area contributed by atoms with Gasteiger partial charge in [0.05, 0.1) is 37.8 Å². The van der Waals surface area contributed by atoms with Crippen LogP contribution in [-0.2, 0) is 5.41 Å². The van der Waals surface area contributed by atoms with Gasteiger partial charge in [-0.15, -0.1) is 0 Å². The molecule has 0 saturated carbocycles. The van der Waals surface area contributed by atoms with Gasteiger partial charge in [0, 0.05) is 11.1 Å². The maximum Gasteiger partial charge on any atom is 0.280 e. The summed E-state index contributed by atoms with van der Waals surface area (Å²) in [6, 6.07) is 17.2. The normalized spacial score (nSPS) is 11.6. The Balaban J connectivity index is 1.77. The van der Waals surface area contributed by atoms with E-state index in [1.807, 2.05) is 43.3 Å². The van der Waals surface area contributed by atoms with Crippen LogP contribution in [0, 0.1) is 6.92 Å². The first-order valence-electron chi connectivity index (χ1n) is 11.8. The molecule has 0 aliphatic carbocycles. The lowest BCUT2D eigenvalue weighted by Crippen LogP contribution is -2.26. The van der Waals surface area contributed by atoms with Gasteiger partial charge in [-0.1, -0.05) is 50.3 Å². The predicted molar refractivity (Wildman–Crippen MR) is 150 cm³/mol. The van der Waals surface area contributed by atoms with Crippen molar-refractivity contribution in [1.29, 1.82) is 0 Å². The van der Waals surface area contributed by atoms with Crippen molar-refractivity contribution >= 4 is 38.8 Å². The molecular weight excluding hydrogens is 486 g/mol. The zero-order valence-corrected chi connectivity index (χ0v) is 23.0. The monoisotopic (exact) mass is 517 g/mol. The number of amides is 1. The van der Waals surface area contributed by atoms with Crippen LogP contribution in [0.2, 0.25) is 0 Å². The van der Waals surface area contributed by atoms with Crippen LogP contribution in [0.1, 0.15) is 47.8 Å². The van der Waals surface area contributed by atoms with Gasteiger partial charge in [-0.25, -0.2) is 4.98 Å². The Morgan fingerprint density at radius 1 is 0.946 bits per heavy atom. The molecule has 3 aromatic carbocycles. The number of rotatable bonds is 7. The number of hydrogen-bond acceptors (Lipinski definition) is 7. The first kappa shape index (κ1) is 26.2. The molecule has 0 bridgehead atoms. The van der Waals surface area contributed by atoms with Gasteiger partial charge >= 0.3 is 0 Å². The molecule has 192 valence electrons. The van der Waals surface area contributed by atoms with Crippen LogP contribution in [0.4, 0.5) is 5.13 Å². The Kier molecular flexibility index (Phi) is 7.50. The lowest BCUT2D eigenvalue weighted by Gasteiger charge is -2.20. The molecule has 0 N–H and O–H groups in total. The molecule has 0 atom stereocenters. The van der Waals surface area contributed by atoms with Crippen molar-refractivity contribution in [2.24, 2.45) is 5.10 Å². The Morgan fingerprint density at radius 2 is 1.59 bits per heavy atom. The number of fused-ring (bicyclic) bond motifs is 1. The molecule has 0 saturated heterocycles. The summed E-state index contributed by atoms with van der Waals surface area (Å²) in [7, 11) is 4.66. The summed E-state index contributed by atoms with van der Waals surface area (Å²) in [5.41, 5.74) is 4.26. The molecule has 0 aliphatic heterocycles. The van der Waals surface area contributed by atoms with Gasteiger partial charge in [0.1, 0.15) is 0 Å². The Labute approximate surface area is 221 Å². The van der Waals surface area contributed by atoms with Crippen molar-refractivity contribution in [3.63, 3.8) is 0 Å². The number of anilines is 1. The van der Waals surface area contributed by atoms with Crippen molar-refractivity contribution in [2.45, 2.75) is 33.1 Å². The van der Waals surface area contributed by atoms with Crippen LogP contribution >= 0.6 is 11.3 Å². The molecule has 0 spiro atoms. The van der Waals surface area contributed by atoms with E-state index in [1.54, 1.807) is 39.7 Å². The van der Waals surface area contributed by atoms with Gasteiger partial charge in [0.2, 0.25) is 10.9 Å². The molecule has 8 heteroatoms. The summed E-state index contributed by atoms with van der Waals surface area (Å²) in [4.78, 5) is 18.4. The highest BCUT2D eigenvalue weighted by Crippen LogP contribution is 2.38. The fraction of sp³-hybridized carbons (Fsp3) is 0.276. The number of benzene rings is 3. The number of hydrogen-bond donors (Lipinski definition) is 0. The van der Waals surface area contributed by atoms with Gasteiger partial charge in [0.25, 0.3) is 5.91 Å². The minimum Gasteiger partial charge on any atom is -0.493 e. The summed E-state index contributed by atoms with van der Waals surface area (Å²) in [6.45, 7) is 8.45. The van der Waals surface area contributed by atoms with Gasteiger partial charge in [-0.2, -0.15) is 10.1 Å². The molecule has 1 amide bonds. The fourth-order valence-corrected chi connectivity index (χ4v) is 4.85. The van der Waals surface area contributed by atoms with E-state index in [9.17, 15) is 4.79 Å². The maximum absolute atomic E-state index is 13.7. The van der Waals surface area contributed by atoms with Crippen molar-refractivity contribution in [3.8, 4) is 17.2 Å². The SMILES string of the molecule is COc1cc(/C=N/N(C(=O)c2ccc(C(C)(C)C)cc2)c2nc3ccc(C)cc3s2)cc(OC)c1OC. The molecule has 4 rings (SSSR count). The second kappa shape index (κ2) is 10.6. The molecule has 37 heavy (non-hydrogen) atoms. The van der Waals surface area contributed by atoms with E-state index in [-0.39, 0.29) is 11.3 Å². The molecule has 4 aromatic rings. The summed E-state index contributed by atoms with van der Waals surface area (Å²) >= 11 is 1.42. The largest absolute Gasteiger partial charge is 0.493 e. The zero-order valence-electron chi connectivity index (χ0n) is 22.2. The van der Waals surface area contributed by atoms with Gasteiger partial charge < -0.3 is 14.2 Å². The molecule has 0 unspecified atom stereocenters. The third-order valence-electron chi connectivity index (χ3n) is 5.91. The average molecular weight is 518 g/mol. The molecule has 7 nitrogen and oxygen atoms in total. The van der Waals surface area contributed by atoms with Crippen molar-refractivity contribution < 1.29 is 19.0 Å². The number of ether oxygens (including phenoxy) is 3. The second-order valence-corrected chi connectivity index (χ2v) is 10.6. The van der Waals surface area contributed by atoms with E-state index in [0.717, 1.165) is 21.3 Å². The van der Waals surface area contributed by atoms with Gasteiger partial charge in [-0.05, 0) is 59.9 Å². The number of methoxy groups -OCH3 is 3. The van der Waals surface area contributed by atoms with E-state index in [4.69, 9.17) is 19.2 Å². The first-order valence-corrected chi connectivity index (χ1v) is 12.6.